The van der Waals surface area contributed by atoms with Gasteiger partial charge in [0.15, 0.2) is 0 Å². The zero-order chi connectivity index (χ0) is 14.1. The Morgan fingerprint density at radius 1 is 0.952 bits per heavy atom. The topological polar surface area (TPSA) is 46.5 Å². The number of H-pyrrole nitrogens is 1. The number of nitrogens with one attached hydrogen (secondary N) is 1. The van der Waals surface area contributed by atoms with E-state index in [-0.39, 0.29) is 0 Å². The smallest absolute Gasteiger partial charge is 0.138 e. The summed E-state index contributed by atoms with van der Waals surface area (Å²) in [4.78, 5) is 7.96. The van der Waals surface area contributed by atoms with E-state index in [2.05, 4.69) is 39.3 Å². The van der Waals surface area contributed by atoms with Crippen molar-refractivity contribution in [2.75, 3.05) is 0 Å². The summed E-state index contributed by atoms with van der Waals surface area (Å²) in [6.45, 7) is 0.785. The van der Waals surface area contributed by atoms with E-state index < -0.39 is 0 Å². The van der Waals surface area contributed by atoms with Gasteiger partial charge in [0.1, 0.15) is 5.82 Å². The number of aromatic nitrogens is 4. The van der Waals surface area contributed by atoms with Crippen LogP contribution in [0.4, 0.5) is 0 Å². The Kier molecular flexibility index (Phi) is 2.78. The fraction of sp³-hybridized carbons (Fsp3) is 0.0588. The molecule has 0 fully saturated rings. The molecule has 0 spiro atoms. The minimum atomic E-state index is 0.785. The molecular formula is C17H14N4. The molecule has 4 aromatic rings. The standard InChI is InChI=1S/C17H14N4/c1-2-5-16-15(4-1)19-17(20-16)14-8-6-13(7-9-14)12-21-11-3-10-18-21/h1-11H,12H2,(H,19,20). The number of para-hydroxylation sites is 2. The first kappa shape index (κ1) is 11.9. The van der Waals surface area contributed by atoms with Gasteiger partial charge in [-0.2, -0.15) is 5.10 Å². The van der Waals surface area contributed by atoms with Crippen molar-refractivity contribution in [2.24, 2.45) is 0 Å². The first-order chi connectivity index (χ1) is 10.4. The van der Waals surface area contributed by atoms with E-state index in [9.17, 15) is 0 Å². The molecule has 4 nitrogen and oxygen atoms in total. The largest absolute Gasteiger partial charge is 0.338 e. The third kappa shape index (κ3) is 2.31. The van der Waals surface area contributed by atoms with E-state index in [0.29, 0.717) is 0 Å². The normalized spacial score (nSPS) is 11.0. The van der Waals surface area contributed by atoms with Gasteiger partial charge in [0.25, 0.3) is 0 Å². The molecule has 0 atom stereocenters. The highest BCUT2D eigenvalue weighted by atomic mass is 15.3. The summed E-state index contributed by atoms with van der Waals surface area (Å²) in [7, 11) is 0. The zero-order valence-electron chi connectivity index (χ0n) is 11.4. The Morgan fingerprint density at radius 2 is 1.81 bits per heavy atom. The summed E-state index contributed by atoms with van der Waals surface area (Å²) in [6.07, 6.45) is 3.76. The highest BCUT2D eigenvalue weighted by molar-refractivity contribution is 5.79. The summed E-state index contributed by atoms with van der Waals surface area (Å²) in [5.74, 6) is 0.904. The molecule has 0 radical (unpaired) electrons. The number of hydrogen-bond donors (Lipinski definition) is 1. The molecule has 2 aromatic carbocycles. The van der Waals surface area contributed by atoms with Gasteiger partial charge in [-0.05, 0) is 23.8 Å². The van der Waals surface area contributed by atoms with Crippen LogP contribution in [-0.4, -0.2) is 19.7 Å². The number of fused-ring (bicyclic) bond motifs is 1. The van der Waals surface area contributed by atoms with Crippen molar-refractivity contribution in [3.8, 4) is 11.4 Å². The van der Waals surface area contributed by atoms with Crippen molar-refractivity contribution < 1.29 is 0 Å². The van der Waals surface area contributed by atoms with Gasteiger partial charge in [0, 0.05) is 18.0 Å². The SMILES string of the molecule is c1ccc2[nH]c(-c3ccc(Cn4cccn4)cc3)nc2c1. The number of nitrogens with zero attached hydrogens (tertiary/aromatic N) is 3. The van der Waals surface area contributed by atoms with Crippen molar-refractivity contribution in [3.63, 3.8) is 0 Å². The second kappa shape index (κ2) is 4.90. The lowest BCUT2D eigenvalue weighted by Gasteiger charge is -2.03. The molecule has 0 unspecified atom stereocenters. The highest BCUT2D eigenvalue weighted by Gasteiger charge is 2.04. The highest BCUT2D eigenvalue weighted by Crippen LogP contribution is 2.20. The maximum atomic E-state index is 4.62. The number of aromatic amines is 1. The van der Waals surface area contributed by atoms with Crippen LogP contribution in [0, 0.1) is 0 Å². The van der Waals surface area contributed by atoms with Crippen molar-refractivity contribution >= 4 is 11.0 Å². The molecule has 0 saturated heterocycles. The van der Waals surface area contributed by atoms with E-state index in [4.69, 9.17) is 0 Å². The zero-order valence-corrected chi connectivity index (χ0v) is 11.4. The fourth-order valence-corrected chi connectivity index (χ4v) is 2.44. The average Bonchev–Trinajstić information content (AvgIpc) is 3.16. The fourth-order valence-electron chi connectivity index (χ4n) is 2.44. The third-order valence-corrected chi connectivity index (χ3v) is 3.52. The van der Waals surface area contributed by atoms with Gasteiger partial charge in [0.05, 0.1) is 17.6 Å². The summed E-state index contributed by atoms with van der Waals surface area (Å²) >= 11 is 0. The summed E-state index contributed by atoms with van der Waals surface area (Å²) in [5, 5.41) is 4.22. The van der Waals surface area contributed by atoms with Crippen molar-refractivity contribution in [2.45, 2.75) is 6.54 Å². The predicted octanol–water partition coefficient (Wildman–Crippen LogP) is 3.47. The Bertz CT molecular complexity index is 824. The lowest BCUT2D eigenvalue weighted by molar-refractivity contribution is 0.687. The van der Waals surface area contributed by atoms with Crippen LogP contribution in [0.2, 0.25) is 0 Å². The molecule has 0 aliphatic heterocycles. The molecule has 0 amide bonds. The van der Waals surface area contributed by atoms with Crippen LogP contribution < -0.4 is 0 Å². The first-order valence-corrected chi connectivity index (χ1v) is 6.90. The molecular weight excluding hydrogens is 260 g/mol. The lowest BCUT2D eigenvalue weighted by Crippen LogP contribution is -1.99. The lowest BCUT2D eigenvalue weighted by atomic mass is 10.1. The van der Waals surface area contributed by atoms with E-state index in [1.807, 2.05) is 41.2 Å². The van der Waals surface area contributed by atoms with Crippen LogP contribution in [0.25, 0.3) is 22.4 Å². The van der Waals surface area contributed by atoms with Crippen LogP contribution in [0.15, 0.2) is 67.0 Å². The van der Waals surface area contributed by atoms with E-state index in [1.54, 1.807) is 6.20 Å². The van der Waals surface area contributed by atoms with Gasteiger partial charge < -0.3 is 4.98 Å². The number of hydrogen-bond acceptors (Lipinski definition) is 2. The van der Waals surface area contributed by atoms with Crippen LogP contribution in [0.5, 0.6) is 0 Å². The maximum absolute atomic E-state index is 4.62. The van der Waals surface area contributed by atoms with Gasteiger partial charge in [-0.1, -0.05) is 36.4 Å². The van der Waals surface area contributed by atoms with Crippen molar-refractivity contribution in [1.82, 2.24) is 19.7 Å². The molecule has 0 saturated carbocycles. The third-order valence-electron chi connectivity index (χ3n) is 3.52. The predicted molar refractivity (Wildman–Crippen MR) is 82.9 cm³/mol. The number of imidazole rings is 1. The van der Waals surface area contributed by atoms with Crippen LogP contribution in [-0.2, 0) is 6.54 Å². The molecule has 4 rings (SSSR count). The molecule has 2 aromatic heterocycles. The molecule has 102 valence electrons. The number of rotatable bonds is 3. The molecule has 2 heterocycles. The van der Waals surface area contributed by atoms with E-state index >= 15 is 0 Å². The molecule has 21 heavy (non-hydrogen) atoms. The minimum Gasteiger partial charge on any atom is -0.338 e. The van der Waals surface area contributed by atoms with E-state index in [1.165, 1.54) is 5.56 Å². The summed E-state index contributed by atoms with van der Waals surface area (Å²) in [5.41, 5.74) is 4.37. The number of benzene rings is 2. The molecule has 0 bridgehead atoms. The second-order valence-corrected chi connectivity index (χ2v) is 5.00. The van der Waals surface area contributed by atoms with Gasteiger partial charge in [-0.25, -0.2) is 4.98 Å². The quantitative estimate of drug-likeness (QED) is 0.621. The second-order valence-electron chi connectivity index (χ2n) is 5.00. The minimum absolute atomic E-state index is 0.785. The van der Waals surface area contributed by atoms with Crippen LogP contribution in [0.3, 0.4) is 0 Å². The molecule has 0 aliphatic rings. The molecule has 4 heteroatoms. The Hall–Kier alpha value is -2.88. The monoisotopic (exact) mass is 274 g/mol. The summed E-state index contributed by atoms with van der Waals surface area (Å²) in [6, 6.07) is 18.4. The van der Waals surface area contributed by atoms with Crippen LogP contribution in [0.1, 0.15) is 5.56 Å². The van der Waals surface area contributed by atoms with Crippen molar-refractivity contribution in [3.05, 3.63) is 72.6 Å². The van der Waals surface area contributed by atoms with E-state index in [0.717, 1.165) is 29.0 Å². The van der Waals surface area contributed by atoms with Crippen molar-refractivity contribution in [1.29, 1.82) is 0 Å². The van der Waals surface area contributed by atoms with Gasteiger partial charge in [-0.15, -0.1) is 0 Å². The first-order valence-electron chi connectivity index (χ1n) is 6.90. The Labute approximate surface area is 122 Å². The summed E-state index contributed by atoms with van der Waals surface area (Å²) < 4.78 is 1.91. The maximum Gasteiger partial charge on any atom is 0.138 e. The molecule has 0 aliphatic carbocycles. The average molecular weight is 274 g/mol. The van der Waals surface area contributed by atoms with Crippen LogP contribution >= 0.6 is 0 Å². The van der Waals surface area contributed by atoms with Gasteiger partial charge >= 0.3 is 0 Å². The Morgan fingerprint density at radius 3 is 2.57 bits per heavy atom. The Balaban J connectivity index is 1.63. The molecule has 1 N–H and O–H groups in total. The van der Waals surface area contributed by atoms with Gasteiger partial charge in [0.2, 0.25) is 0 Å². The van der Waals surface area contributed by atoms with Gasteiger partial charge in [-0.3, -0.25) is 4.68 Å².